The zero-order valence-electron chi connectivity index (χ0n) is 22.5. The third kappa shape index (κ3) is 5.48. The summed E-state index contributed by atoms with van der Waals surface area (Å²) in [6, 6.07) is 4.68. The van der Waals surface area contributed by atoms with Gasteiger partial charge in [0.1, 0.15) is 12.2 Å². The normalized spacial score (nSPS) is 22.4. The Bertz CT molecular complexity index is 1410. The molecule has 1 aliphatic carbocycles. The van der Waals surface area contributed by atoms with Gasteiger partial charge in [-0.3, -0.25) is 5.32 Å². The number of benzene rings is 1. The number of carbonyl (C=O) groups excluding carboxylic acids is 1. The second kappa shape index (κ2) is 11.0. The van der Waals surface area contributed by atoms with Gasteiger partial charge >= 0.3 is 12.3 Å². The molecule has 4 heterocycles. The molecule has 14 heteroatoms. The minimum absolute atomic E-state index is 0.0727. The predicted octanol–water partition coefficient (Wildman–Crippen LogP) is 5.07. The lowest BCUT2D eigenvalue weighted by atomic mass is 9.80. The van der Waals surface area contributed by atoms with E-state index in [1.165, 1.54) is 12.1 Å². The lowest BCUT2D eigenvalue weighted by Gasteiger charge is -2.35. The predicted molar refractivity (Wildman–Crippen MR) is 143 cm³/mol. The van der Waals surface area contributed by atoms with Gasteiger partial charge in [0.2, 0.25) is 5.95 Å². The molecule has 0 spiro atoms. The first kappa shape index (κ1) is 27.5. The molecule has 2 saturated heterocycles. The highest BCUT2D eigenvalue weighted by Gasteiger charge is 2.34. The molecule has 10 nitrogen and oxygen atoms in total. The lowest BCUT2D eigenvalue weighted by Crippen LogP contribution is -2.42. The number of nitrogens with one attached hydrogen (secondary N) is 3. The minimum Gasteiger partial charge on any atom is -0.365 e. The van der Waals surface area contributed by atoms with E-state index in [-0.39, 0.29) is 24.5 Å². The van der Waals surface area contributed by atoms with Crippen molar-refractivity contribution in [1.82, 2.24) is 30.3 Å². The monoisotopic (exact) mass is 576 g/mol. The smallest absolute Gasteiger partial charge is 0.365 e. The van der Waals surface area contributed by atoms with Crippen LogP contribution in [0.1, 0.15) is 68.6 Å². The van der Waals surface area contributed by atoms with Crippen molar-refractivity contribution >= 4 is 29.0 Å². The summed E-state index contributed by atoms with van der Waals surface area (Å²) in [5.74, 6) is 1.65. The van der Waals surface area contributed by atoms with Crippen LogP contribution in [0, 0.1) is 5.92 Å². The molecule has 1 amide bonds. The third-order valence-corrected chi connectivity index (χ3v) is 8.30. The van der Waals surface area contributed by atoms with E-state index in [0.717, 1.165) is 44.2 Å². The van der Waals surface area contributed by atoms with Crippen molar-refractivity contribution in [2.45, 2.75) is 76.4 Å². The Morgan fingerprint density at radius 1 is 1.10 bits per heavy atom. The summed E-state index contributed by atoms with van der Waals surface area (Å²) in [4.78, 5) is 32.7. The first-order chi connectivity index (χ1) is 19.7. The molecular formula is C27H32F4N8O2. The number of hydrogen-bond donors (Lipinski definition) is 3. The van der Waals surface area contributed by atoms with Crippen LogP contribution in [0.15, 0.2) is 24.3 Å². The van der Waals surface area contributed by atoms with Gasteiger partial charge in [-0.15, -0.1) is 5.48 Å². The molecular weight excluding hydrogens is 544 g/mol. The fraction of sp³-hybridized carbons (Fsp3) is 0.556. The van der Waals surface area contributed by atoms with Crippen LogP contribution >= 0.6 is 0 Å². The SMILES string of the molecule is C[C@@H](Nc1nc(C2NOC(=O)N2)nc2nc(N3CCCCC3CF)n(Cc3ccc(C(F)(F)F)cc3)c12)C1CCC1. The van der Waals surface area contributed by atoms with Gasteiger partial charge in [0, 0.05) is 12.6 Å². The molecule has 220 valence electrons. The number of carbonyl (C=O) groups is 1. The van der Waals surface area contributed by atoms with E-state index in [1.54, 1.807) is 0 Å². The van der Waals surface area contributed by atoms with Gasteiger partial charge in [-0.25, -0.2) is 19.2 Å². The fourth-order valence-electron chi connectivity index (χ4n) is 5.73. The second-order valence-electron chi connectivity index (χ2n) is 11.0. The molecule has 0 bridgehead atoms. The maximum atomic E-state index is 14.2. The maximum absolute atomic E-state index is 14.2. The number of hydroxylamine groups is 1. The average molecular weight is 577 g/mol. The number of alkyl halides is 4. The number of rotatable bonds is 8. The number of amides is 1. The van der Waals surface area contributed by atoms with E-state index in [9.17, 15) is 22.4 Å². The van der Waals surface area contributed by atoms with Crippen molar-refractivity contribution < 1.29 is 27.2 Å². The number of aromatic nitrogens is 4. The van der Waals surface area contributed by atoms with E-state index in [0.29, 0.717) is 47.4 Å². The van der Waals surface area contributed by atoms with Gasteiger partial charge in [-0.05, 0) is 62.6 Å². The Balaban J connectivity index is 1.48. The van der Waals surface area contributed by atoms with Gasteiger partial charge in [-0.2, -0.15) is 18.2 Å². The van der Waals surface area contributed by atoms with Crippen molar-refractivity contribution in [1.29, 1.82) is 0 Å². The van der Waals surface area contributed by atoms with Gasteiger partial charge in [0.05, 0.1) is 18.2 Å². The summed E-state index contributed by atoms with van der Waals surface area (Å²) in [6.45, 7) is 2.29. The minimum atomic E-state index is -4.44. The summed E-state index contributed by atoms with van der Waals surface area (Å²) >= 11 is 0. The zero-order chi connectivity index (χ0) is 28.7. The molecule has 41 heavy (non-hydrogen) atoms. The highest BCUT2D eigenvalue weighted by molar-refractivity contribution is 5.86. The van der Waals surface area contributed by atoms with E-state index in [2.05, 4.69) is 28.0 Å². The van der Waals surface area contributed by atoms with Crippen molar-refractivity contribution in [3.8, 4) is 0 Å². The van der Waals surface area contributed by atoms with E-state index in [4.69, 9.17) is 14.8 Å². The van der Waals surface area contributed by atoms with E-state index in [1.807, 2.05) is 9.47 Å². The average Bonchev–Trinajstić information content (AvgIpc) is 3.51. The molecule has 3 fully saturated rings. The van der Waals surface area contributed by atoms with Crippen molar-refractivity contribution in [2.24, 2.45) is 5.92 Å². The maximum Gasteiger partial charge on any atom is 0.427 e. The third-order valence-electron chi connectivity index (χ3n) is 8.30. The molecule has 2 aliphatic heterocycles. The second-order valence-corrected chi connectivity index (χ2v) is 11.0. The van der Waals surface area contributed by atoms with Crippen LogP contribution in [-0.2, 0) is 17.6 Å². The van der Waals surface area contributed by atoms with Gasteiger partial charge < -0.3 is 19.6 Å². The van der Waals surface area contributed by atoms with Crippen molar-refractivity contribution in [3.63, 3.8) is 0 Å². The molecule has 6 rings (SSSR count). The molecule has 3 aromatic rings. The topological polar surface area (TPSA) is 109 Å². The largest absolute Gasteiger partial charge is 0.427 e. The number of anilines is 2. The summed E-state index contributed by atoms with van der Waals surface area (Å²) in [5.41, 5.74) is 3.34. The van der Waals surface area contributed by atoms with Crippen LogP contribution in [0.3, 0.4) is 0 Å². The Morgan fingerprint density at radius 3 is 2.51 bits per heavy atom. The summed E-state index contributed by atoms with van der Waals surface area (Å²) in [6.07, 6.45) is -0.158. The van der Waals surface area contributed by atoms with Gasteiger partial charge in [-0.1, -0.05) is 18.6 Å². The first-order valence-electron chi connectivity index (χ1n) is 14.0. The molecule has 0 radical (unpaired) electrons. The van der Waals surface area contributed by atoms with Crippen LogP contribution in [0.2, 0.25) is 0 Å². The van der Waals surface area contributed by atoms with Gasteiger partial charge in [0.15, 0.2) is 23.5 Å². The van der Waals surface area contributed by atoms with Crippen LogP contribution in [0.4, 0.5) is 34.1 Å². The highest BCUT2D eigenvalue weighted by Crippen LogP contribution is 2.36. The fourth-order valence-corrected chi connectivity index (χ4v) is 5.73. The molecule has 3 aliphatic rings. The summed E-state index contributed by atoms with van der Waals surface area (Å²) in [5, 5.41) is 6.13. The lowest BCUT2D eigenvalue weighted by molar-refractivity contribution is -0.137. The number of imidazole rings is 1. The molecule has 3 atom stereocenters. The Hall–Kier alpha value is -3.68. The number of nitrogens with zero attached hydrogens (tertiary/aromatic N) is 5. The summed E-state index contributed by atoms with van der Waals surface area (Å²) < 4.78 is 55.8. The Kier molecular flexibility index (Phi) is 7.34. The number of fused-ring (bicyclic) bond motifs is 1. The van der Waals surface area contributed by atoms with E-state index >= 15 is 0 Å². The van der Waals surface area contributed by atoms with Crippen molar-refractivity contribution in [2.75, 3.05) is 23.4 Å². The standard InChI is InChI=1S/C27H32F4N8O2/c1-15(17-5-4-6-17)32-21-20-22(34-23(33-21)24-36-26(40)41-37-24)35-25(38-12-3-2-7-19(38)13-28)39(20)14-16-8-10-18(11-9-16)27(29,30)31/h8-11,15,17,19,24,37H,2-7,12-14H2,1H3,(H,36,40)(H,32,33,34)/t15-,19?,24?/m1/s1. The quantitative estimate of drug-likeness (QED) is 0.319. The van der Waals surface area contributed by atoms with Crippen LogP contribution in [-0.4, -0.2) is 50.9 Å². The number of hydrogen-bond acceptors (Lipinski definition) is 8. The molecule has 2 unspecified atom stereocenters. The number of halogens is 4. The van der Waals surface area contributed by atoms with Crippen LogP contribution in [0.5, 0.6) is 0 Å². The Labute approximate surface area is 233 Å². The number of piperidine rings is 1. The van der Waals surface area contributed by atoms with E-state index < -0.39 is 30.7 Å². The Morgan fingerprint density at radius 2 is 1.88 bits per heavy atom. The first-order valence-corrected chi connectivity index (χ1v) is 14.0. The molecule has 1 aromatic carbocycles. The molecule has 2 aromatic heterocycles. The molecule has 1 saturated carbocycles. The van der Waals surface area contributed by atoms with Crippen molar-refractivity contribution in [3.05, 3.63) is 41.2 Å². The summed E-state index contributed by atoms with van der Waals surface area (Å²) in [7, 11) is 0. The molecule has 3 N–H and O–H groups in total. The van der Waals surface area contributed by atoms with Crippen LogP contribution < -0.4 is 21.0 Å². The zero-order valence-corrected chi connectivity index (χ0v) is 22.5. The highest BCUT2D eigenvalue weighted by atomic mass is 19.4. The van der Waals surface area contributed by atoms with Gasteiger partial charge in [0.25, 0.3) is 0 Å². The van der Waals surface area contributed by atoms with Crippen LogP contribution in [0.25, 0.3) is 11.2 Å².